The molecular weight excluding hydrogens is 234 g/mol. The van der Waals surface area contributed by atoms with Crippen LogP contribution in [0.15, 0.2) is 18.2 Å². The summed E-state index contributed by atoms with van der Waals surface area (Å²) in [7, 11) is 0. The lowest BCUT2D eigenvalue weighted by Gasteiger charge is -2.14. The summed E-state index contributed by atoms with van der Waals surface area (Å²) in [6.07, 6.45) is -0.592. The van der Waals surface area contributed by atoms with Crippen molar-refractivity contribution in [2.75, 3.05) is 26.5 Å². The predicted octanol–water partition coefficient (Wildman–Crippen LogP) is 0.667. The minimum absolute atomic E-state index is 0.146. The van der Waals surface area contributed by atoms with E-state index < -0.39 is 6.10 Å². The highest BCUT2D eigenvalue weighted by atomic mass is 16.7. The van der Waals surface area contributed by atoms with Gasteiger partial charge in [-0.1, -0.05) is 13.0 Å². The van der Waals surface area contributed by atoms with E-state index in [1.807, 2.05) is 13.0 Å². The first kappa shape index (κ1) is 13.1. The third-order valence-corrected chi connectivity index (χ3v) is 2.92. The second-order valence-corrected chi connectivity index (χ2v) is 4.57. The number of hydrogen-bond donors (Lipinski definition) is 3. The number of ether oxygens (including phenoxy) is 2. The third-order valence-electron chi connectivity index (χ3n) is 2.92. The first-order valence-corrected chi connectivity index (χ1v) is 6.10. The van der Waals surface area contributed by atoms with Gasteiger partial charge in [0.15, 0.2) is 11.5 Å². The monoisotopic (exact) mass is 253 g/mol. The smallest absolute Gasteiger partial charge is 0.231 e. The Morgan fingerprint density at radius 1 is 1.28 bits per heavy atom. The molecular formula is C13H19NO4. The van der Waals surface area contributed by atoms with E-state index in [4.69, 9.17) is 14.6 Å². The Bertz CT molecular complexity index is 397. The minimum Gasteiger partial charge on any atom is -0.454 e. The number of rotatable bonds is 6. The molecule has 5 nitrogen and oxygen atoms in total. The fourth-order valence-electron chi connectivity index (χ4n) is 1.77. The zero-order valence-electron chi connectivity index (χ0n) is 10.4. The zero-order valence-corrected chi connectivity index (χ0v) is 10.4. The maximum absolute atomic E-state index is 10.0. The Hall–Kier alpha value is -1.30. The van der Waals surface area contributed by atoms with Crippen LogP contribution >= 0.6 is 0 Å². The van der Waals surface area contributed by atoms with Crippen molar-refractivity contribution in [3.8, 4) is 11.5 Å². The number of hydrogen-bond acceptors (Lipinski definition) is 5. The van der Waals surface area contributed by atoms with Crippen LogP contribution in [0.4, 0.5) is 0 Å². The largest absolute Gasteiger partial charge is 0.454 e. The molecule has 2 unspecified atom stereocenters. The van der Waals surface area contributed by atoms with E-state index in [1.165, 1.54) is 0 Å². The van der Waals surface area contributed by atoms with Crippen LogP contribution in [0.3, 0.4) is 0 Å². The summed E-state index contributed by atoms with van der Waals surface area (Å²) < 4.78 is 10.5. The topological polar surface area (TPSA) is 71.0 Å². The molecule has 1 aromatic carbocycles. The van der Waals surface area contributed by atoms with Crippen LogP contribution in [-0.2, 0) is 0 Å². The van der Waals surface area contributed by atoms with Crippen molar-refractivity contribution in [1.82, 2.24) is 5.32 Å². The molecule has 2 atom stereocenters. The molecule has 1 aliphatic heterocycles. The van der Waals surface area contributed by atoms with E-state index in [-0.39, 0.29) is 19.3 Å². The van der Waals surface area contributed by atoms with Gasteiger partial charge in [-0.05, 0) is 30.2 Å². The summed E-state index contributed by atoms with van der Waals surface area (Å²) in [4.78, 5) is 0. The van der Waals surface area contributed by atoms with Crippen LogP contribution in [0.2, 0.25) is 0 Å². The van der Waals surface area contributed by atoms with Gasteiger partial charge in [0.1, 0.15) is 0 Å². The molecule has 0 radical (unpaired) electrons. The second kappa shape index (κ2) is 6.04. The van der Waals surface area contributed by atoms with Gasteiger partial charge in [-0.15, -0.1) is 0 Å². The van der Waals surface area contributed by atoms with E-state index in [9.17, 15) is 5.11 Å². The molecule has 5 heteroatoms. The molecule has 1 heterocycles. The zero-order chi connectivity index (χ0) is 13.0. The molecule has 0 spiro atoms. The molecule has 0 bridgehead atoms. The SMILES string of the molecule is CC(CO)CNCC(O)c1ccc2c(c1)OCO2. The summed E-state index contributed by atoms with van der Waals surface area (Å²) in [5.41, 5.74) is 0.795. The second-order valence-electron chi connectivity index (χ2n) is 4.57. The van der Waals surface area contributed by atoms with Crippen molar-refractivity contribution in [3.05, 3.63) is 23.8 Å². The highest BCUT2D eigenvalue weighted by Gasteiger charge is 2.16. The lowest BCUT2D eigenvalue weighted by molar-refractivity contribution is 0.166. The Morgan fingerprint density at radius 2 is 2.06 bits per heavy atom. The van der Waals surface area contributed by atoms with Crippen LogP contribution in [0.25, 0.3) is 0 Å². The molecule has 0 saturated carbocycles. The summed E-state index contributed by atoms with van der Waals surface area (Å²) >= 11 is 0. The Balaban J connectivity index is 1.87. The molecule has 1 aliphatic rings. The fraction of sp³-hybridized carbons (Fsp3) is 0.538. The van der Waals surface area contributed by atoms with Gasteiger partial charge in [0, 0.05) is 13.2 Å². The van der Waals surface area contributed by atoms with Crippen LogP contribution in [0.1, 0.15) is 18.6 Å². The van der Waals surface area contributed by atoms with Crippen molar-refractivity contribution in [2.24, 2.45) is 5.92 Å². The van der Waals surface area contributed by atoms with Crippen molar-refractivity contribution in [1.29, 1.82) is 0 Å². The van der Waals surface area contributed by atoms with Gasteiger partial charge in [0.25, 0.3) is 0 Å². The quantitative estimate of drug-likeness (QED) is 0.695. The molecule has 0 aliphatic carbocycles. The highest BCUT2D eigenvalue weighted by molar-refractivity contribution is 5.45. The van der Waals surface area contributed by atoms with Crippen LogP contribution < -0.4 is 14.8 Å². The average molecular weight is 253 g/mol. The Kier molecular flexibility index (Phi) is 4.41. The normalized spacial score (nSPS) is 16.6. The van der Waals surface area contributed by atoms with E-state index >= 15 is 0 Å². The highest BCUT2D eigenvalue weighted by Crippen LogP contribution is 2.33. The van der Waals surface area contributed by atoms with Gasteiger partial charge in [0.05, 0.1) is 6.10 Å². The van der Waals surface area contributed by atoms with Crippen molar-refractivity contribution < 1.29 is 19.7 Å². The first-order chi connectivity index (χ1) is 8.70. The van der Waals surface area contributed by atoms with Crippen LogP contribution in [0.5, 0.6) is 11.5 Å². The average Bonchev–Trinajstić information content (AvgIpc) is 2.85. The number of aliphatic hydroxyl groups excluding tert-OH is 2. The standard InChI is InChI=1S/C13H19NO4/c1-9(7-15)5-14-6-11(16)10-2-3-12-13(4-10)18-8-17-12/h2-4,9,11,14-16H,5-8H2,1H3. The number of benzene rings is 1. The predicted molar refractivity (Wildman–Crippen MR) is 66.6 cm³/mol. The van der Waals surface area contributed by atoms with Gasteiger partial charge in [-0.2, -0.15) is 0 Å². The van der Waals surface area contributed by atoms with Gasteiger partial charge in [-0.3, -0.25) is 0 Å². The molecule has 0 saturated heterocycles. The molecule has 0 fully saturated rings. The minimum atomic E-state index is -0.592. The van der Waals surface area contributed by atoms with Crippen LogP contribution in [-0.4, -0.2) is 36.7 Å². The van der Waals surface area contributed by atoms with Gasteiger partial charge in [0.2, 0.25) is 6.79 Å². The number of aliphatic hydroxyl groups is 2. The van der Waals surface area contributed by atoms with Crippen molar-refractivity contribution >= 4 is 0 Å². The molecule has 3 N–H and O–H groups in total. The number of fused-ring (bicyclic) bond motifs is 1. The van der Waals surface area contributed by atoms with E-state index in [0.29, 0.717) is 24.6 Å². The fourth-order valence-corrected chi connectivity index (χ4v) is 1.77. The molecule has 0 amide bonds. The van der Waals surface area contributed by atoms with Crippen molar-refractivity contribution in [2.45, 2.75) is 13.0 Å². The summed E-state index contributed by atoms with van der Waals surface area (Å²) in [5, 5.41) is 22.0. The van der Waals surface area contributed by atoms with Crippen molar-refractivity contribution in [3.63, 3.8) is 0 Å². The maximum atomic E-state index is 10.0. The molecule has 100 valence electrons. The number of nitrogens with one attached hydrogen (secondary N) is 1. The van der Waals surface area contributed by atoms with Gasteiger partial charge < -0.3 is 25.0 Å². The summed E-state index contributed by atoms with van der Waals surface area (Å²) in [6.45, 7) is 3.45. The lowest BCUT2D eigenvalue weighted by Crippen LogP contribution is -2.27. The molecule has 2 rings (SSSR count). The van der Waals surface area contributed by atoms with E-state index in [2.05, 4.69) is 5.32 Å². The lowest BCUT2D eigenvalue weighted by atomic mass is 10.1. The Labute approximate surface area is 106 Å². The molecule has 1 aromatic rings. The third kappa shape index (κ3) is 3.13. The molecule has 18 heavy (non-hydrogen) atoms. The maximum Gasteiger partial charge on any atom is 0.231 e. The van der Waals surface area contributed by atoms with E-state index in [0.717, 1.165) is 5.56 Å². The van der Waals surface area contributed by atoms with Gasteiger partial charge in [-0.25, -0.2) is 0 Å². The summed E-state index contributed by atoms with van der Waals surface area (Å²) in [6, 6.07) is 5.43. The van der Waals surface area contributed by atoms with E-state index in [1.54, 1.807) is 12.1 Å². The Morgan fingerprint density at radius 3 is 2.83 bits per heavy atom. The summed E-state index contributed by atoms with van der Waals surface area (Å²) in [5.74, 6) is 1.58. The molecule has 0 aromatic heterocycles. The van der Waals surface area contributed by atoms with Crippen LogP contribution in [0, 0.1) is 5.92 Å². The van der Waals surface area contributed by atoms with Gasteiger partial charge >= 0.3 is 0 Å². The first-order valence-electron chi connectivity index (χ1n) is 6.10.